The van der Waals surface area contributed by atoms with Crippen LogP contribution in [0, 0.1) is 0 Å². The Bertz CT molecular complexity index is 909. The predicted molar refractivity (Wildman–Crippen MR) is 98.0 cm³/mol. The number of carbonyl (C=O) groups is 1. The van der Waals surface area contributed by atoms with E-state index in [0.29, 0.717) is 23.1 Å². The van der Waals surface area contributed by atoms with E-state index >= 15 is 0 Å². The van der Waals surface area contributed by atoms with E-state index in [9.17, 15) is 4.79 Å². The number of hydrogen-bond donors (Lipinski definition) is 1. The van der Waals surface area contributed by atoms with E-state index < -0.39 is 0 Å². The number of halogens is 1. The van der Waals surface area contributed by atoms with Gasteiger partial charge in [-0.3, -0.25) is 10.2 Å². The largest absolute Gasteiger partial charge is 0.461 e. The summed E-state index contributed by atoms with van der Waals surface area (Å²) in [6, 6.07) is 9.25. The molecule has 0 fully saturated rings. The van der Waals surface area contributed by atoms with Gasteiger partial charge in [0.15, 0.2) is 5.76 Å². The van der Waals surface area contributed by atoms with Crippen molar-refractivity contribution in [1.29, 1.82) is 0 Å². The number of amides is 1. The van der Waals surface area contributed by atoms with Crippen molar-refractivity contribution in [2.24, 2.45) is 0 Å². The lowest BCUT2D eigenvalue weighted by Crippen LogP contribution is -2.35. The molecule has 0 saturated carbocycles. The van der Waals surface area contributed by atoms with Crippen molar-refractivity contribution in [3.8, 4) is 0 Å². The average molecular weight is 361 g/mol. The van der Waals surface area contributed by atoms with Crippen LogP contribution in [0.2, 0.25) is 5.02 Å². The van der Waals surface area contributed by atoms with Crippen molar-refractivity contribution in [1.82, 2.24) is 10.4 Å². The summed E-state index contributed by atoms with van der Waals surface area (Å²) in [7, 11) is 3.49. The molecule has 25 heavy (non-hydrogen) atoms. The molecule has 3 aromatic rings. The number of furan rings is 2. The van der Waals surface area contributed by atoms with E-state index in [1.807, 2.05) is 18.2 Å². The fraction of sp³-hybridized carbons (Fsp3) is 0.316. The number of fused-ring (bicyclic) bond motifs is 1. The van der Waals surface area contributed by atoms with Crippen LogP contribution in [0.3, 0.4) is 0 Å². The Morgan fingerprint density at radius 3 is 2.64 bits per heavy atom. The van der Waals surface area contributed by atoms with Gasteiger partial charge < -0.3 is 8.83 Å². The van der Waals surface area contributed by atoms with Crippen LogP contribution < -0.4 is 5.43 Å². The first-order chi connectivity index (χ1) is 11.8. The van der Waals surface area contributed by atoms with E-state index in [4.69, 9.17) is 20.4 Å². The lowest BCUT2D eigenvalue weighted by Gasteiger charge is -2.09. The number of benzene rings is 1. The lowest BCUT2D eigenvalue weighted by atomic mass is 10.1. The number of hydrazine groups is 1. The summed E-state index contributed by atoms with van der Waals surface area (Å²) in [5, 5.41) is 3.19. The Balaban J connectivity index is 1.90. The zero-order valence-electron chi connectivity index (χ0n) is 14.7. The van der Waals surface area contributed by atoms with E-state index in [2.05, 4.69) is 19.3 Å². The van der Waals surface area contributed by atoms with E-state index in [1.54, 1.807) is 31.2 Å². The first-order valence-electron chi connectivity index (χ1n) is 8.12. The van der Waals surface area contributed by atoms with Gasteiger partial charge in [0.25, 0.3) is 0 Å². The molecule has 0 saturated heterocycles. The van der Waals surface area contributed by atoms with Crippen LogP contribution in [0.25, 0.3) is 11.0 Å². The Hall–Kier alpha value is -2.24. The molecule has 3 rings (SSSR count). The normalized spacial score (nSPS) is 11.6. The Kier molecular flexibility index (Phi) is 4.88. The number of carbonyl (C=O) groups excluding carboxylic acids is 1. The Morgan fingerprint density at radius 1 is 1.20 bits per heavy atom. The van der Waals surface area contributed by atoms with Crippen LogP contribution >= 0.6 is 11.6 Å². The van der Waals surface area contributed by atoms with Crippen molar-refractivity contribution < 1.29 is 13.6 Å². The molecular formula is C19H21ClN2O3. The first kappa shape index (κ1) is 17.6. The second-order valence-corrected chi connectivity index (χ2v) is 7.00. The fourth-order valence-electron chi connectivity index (χ4n) is 2.66. The molecule has 0 spiro atoms. The summed E-state index contributed by atoms with van der Waals surface area (Å²) in [6.07, 6.45) is 0.497. The maximum atomic E-state index is 12.0. The van der Waals surface area contributed by atoms with Crippen LogP contribution in [-0.4, -0.2) is 25.0 Å². The summed E-state index contributed by atoms with van der Waals surface area (Å²) in [4.78, 5) is 12.0. The maximum Gasteiger partial charge on any atom is 0.301 e. The topological polar surface area (TPSA) is 58.6 Å². The van der Waals surface area contributed by atoms with E-state index in [0.717, 1.165) is 22.3 Å². The highest BCUT2D eigenvalue weighted by Crippen LogP contribution is 2.31. The number of nitrogens with zero attached hydrogens (tertiary/aromatic N) is 1. The third-order valence-corrected chi connectivity index (χ3v) is 4.04. The molecule has 1 N–H and O–H groups in total. The molecule has 6 heteroatoms. The summed E-state index contributed by atoms with van der Waals surface area (Å²) in [5.41, 5.74) is 4.39. The van der Waals surface area contributed by atoms with Gasteiger partial charge in [0, 0.05) is 42.4 Å². The van der Waals surface area contributed by atoms with E-state index in [-0.39, 0.29) is 11.7 Å². The molecule has 0 bridgehead atoms. The summed E-state index contributed by atoms with van der Waals surface area (Å²) in [6.45, 7) is 4.17. The molecule has 0 aliphatic heterocycles. The monoisotopic (exact) mass is 360 g/mol. The molecule has 0 unspecified atom stereocenters. The van der Waals surface area contributed by atoms with Crippen LogP contribution in [0.1, 0.15) is 47.4 Å². The fourth-order valence-corrected chi connectivity index (χ4v) is 2.91. The maximum absolute atomic E-state index is 12.0. The van der Waals surface area contributed by atoms with Crippen LogP contribution in [0.5, 0.6) is 0 Å². The van der Waals surface area contributed by atoms with Gasteiger partial charge in [-0.15, -0.1) is 0 Å². The smallest absolute Gasteiger partial charge is 0.301 e. The molecule has 0 atom stereocenters. The summed E-state index contributed by atoms with van der Waals surface area (Å²) >= 11 is 6.25. The molecule has 1 aromatic carbocycles. The van der Waals surface area contributed by atoms with Gasteiger partial charge >= 0.3 is 5.91 Å². The molecule has 0 aliphatic rings. The van der Waals surface area contributed by atoms with Crippen molar-refractivity contribution in [3.05, 3.63) is 58.2 Å². The molecule has 2 aromatic heterocycles. The first-order valence-corrected chi connectivity index (χ1v) is 8.50. The molecule has 5 nitrogen and oxygen atoms in total. The molecule has 132 valence electrons. The molecular weight excluding hydrogens is 340 g/mol. The third-order valence-electron chi connectivity index (χ3n) is 3.82. The van der Waals surface area contributed by atoms with Crippen molar-refractivity contribution in [2.75, 3.05) is 14.1 Å². The van der Waals surface area contributed by atoms with Crippen molar-refractivity contribution in [3.63, 3.8) is 0 Å². The molecule has 0 aliphatic carbocycles. The van der Waals surface area contributed by atoms with E-state index in [1.165, 1.54) is 0 Å². The number of hydrogen-bond acceptors (Lipinski definition) is 4. The molecule has 1 amide bonds. The lowest BCUT2D eigenvalue weighted by molar-refractivity contribution is 0.0826. The van der Waals surface area contributed by atoms with Gasteiger partial charge in [0.1, 0.15) is 17.1 Å². The highest BCUT2D eigenvalue weighted by molar-refractivity contribution is 6.31. The van der Waals surface area contributed by atoms with Crippen LogP contribution in [-0.2, 0) is 6.42 Å². The zero-order chi connectivity index (χ0) is 18.1. The molecule has 0 radical (unpaired) electrons. The van der Waals surface area contributed by atoms with Gasteiger partial charge in [-0.05, 0) is 30.3 Å². The minimum absolute atomic E-state index is 0.268. The van der Waals surface area contributed by atoms with Gasteiger partial charge in [0.2, 0.25) is 0 Å². The van der Waals surface area contributed by atoms with Crippen molar-refractivity contribution in [2.45, 2.75) is 26.2 Å². The summed E-state index contributed by atoms with van der Waals surface area (Å²) in [5.74, 6) is 1.87. The minimum Gasteiger partial charge on any atom is -0.461 e. The van der Waals surface area contributed by atoms with Gasteiger partial charge in [-0.2, -0.15) is 0 Å². The quantitative estimate of drug-likeness (QED) is 0.675. The average Bonchev–Trinajstić information content (AvgIpc) is 3.13. The highest BCUT2D eigenvalue weighted by Gasteiger charge is 2.16. The second kappa shape index (κ2) is 6.94. The third kappa shape index (κ3) is 3.89. The SMILES string of the molecule is CC(C)c1cc2cc(Cl)cc(Cc3ccc(C(=O)NN(C)C)o3)c2o1. The van der Waals surface area contributed by atoms with Crippen LogP contribution in [0.4, 0.5) is 0 Å². The number of nitrogens with one attached hydrogen (secondary N) is 1. The Morgan fingerprint density at radius 2 is 1.96 bits per heavy atom. The van der Waals surface area contributed by atoms with Gasteiger partial charge in [-0.1, -0.05) is 25.4 Å². The van der Waals surface area contributed by atoms with Crippen molar-refractivity contribution >= 4 is 28.5 Å². The summed E-state index contributed by atoms with van der Waals surface area (Å²) < 4.78 is 11.7. The Labute approximate surface area is 151 Å². The second-order valence-electron chi connectivity index (χ2n) is 6.56. The van der Waals surface area contributed by atoms with Crippen LogP contribution in [0.15, 0.2) is 39.2 Å². The van der Waals surface area contributed by atoms with Gasteiger partial charge in [-0.25, -0.2) is 5.01 Å². The van der Waals surface area contributed by atoms with Gasteiger partial charge in [0.05, 0.1) is 0 Å². The standard InChI is InChI=1S/C19H21ClN2O3/c1-11(2)17-10-13-8-14(20)7-12(18(13)25-17)9-15-5-6-16(24-15)19(23)21-22(3)4/h5-8,10-11H,9H2,1-4H3,(H,21,23). The zero-order valence-corrected chi connectivity index (χ0v) is 15.5. The highest BCUT2D eigenvalue weighted by atomic mass is 35.5. The number of rotatable bonds is 5. The minimum atomic E-state index is -0.285. The predicted octanol–water partition coefficient (Wildman–Crippen LogP) is 4.60. The molecule has 2 heterocycles.